The van der Waals surface area contributed by atoms with Gasteiger partial charge in [0.15, 0.2) is 0 Å². The van der Waals surface area contributed by atoms with E-state index in [1.807, 2.05) is 18.2 Å². The molecule has 1 saturated heterocycles. The highest BCUT2D eigenvalue weighted by Crippen LogP contribution is 2.14. The first-order valence-corrected chi connectivity index (χ1v) is 8.98. The summed E-state index contributed by atoms with van der Waals surface area (Å²) in [4.78, 5) is 22.9. The lowest BCUT2D eigenvalue weighted by Gasteiger charge is -2.26. The van der Waals surface area contributed by atoms with Gasteiger partial charge < -0.3 is 15.4 Å². The Balaban J connectivity index is 1.44. The lowest BCUT2D eigenvalue weighted by molar-refractivity contribution is 0.0398. The number of halogens is 1. The Morgan fingerprint density at radius 3 is 2.73 bits per heavy atom. The molecule has 1 aliphatic rings. The van der Waals surface area contributed by atoms with Crippen molar-refractivity contribution in [3.63, 3.8) is 0 Å². The van der Waals surface area contributed by atoms with E-state index in [9.17, 15) is 4.79 Å². The minimum absolute atomic E-state index is 0.274. The molecule has 8 heteroatoms. The van der Waals surface area contributed by atoms with Gasteiger partial charge in [0.1, 0.15) is 11.5 Å². The fourth-order valence-electron chi connectivity index (χ4n) is 2.61. The van der Waals surface area contributed by atoms with Crippen molar-refractivity contribution in [1.82, 2.24) is 20.2 Å². The molecule has 138 valence electrons. The predicted molar refractivity (Wildman–Crippen MR) is 100 cm³/mol. The van der Waals surface area contributed by atoms with Crippen LogP contribution in [0.3, 0.4) is 0 Å². The minimum atomic E-state index is -0.280. The van der Waals surface area contributed by atoms with Gasteiger partial charge in [0.25, 0.3) is 5.91 Å². The molecule has 1 aromatic heterocycles. The number of aromatic nitrogens is 2. The van der Waals surface area contributed by atoms with Crippen LogP contribution in [-0.4, -0.2) is 60.2 Å². The van der Waals surface area contributed by atoms with Gasteiger partial charge in [-0.25, -0.2) is 9.97 Å². The van der Waals surface area contributed by atoms with E-state index in [-0.39, 0.29) is 11.6 Å². The van der Waals surface area contributed by atoms with Crippen LogP contribution in [0.25, 0.3) is 0 Å². The summed E-state index contributed by atoms with van der Waals surface area (Å²) in [5, 5.41) is 6.64. The van der Waals surface area contributed by atoms with Crippen molar-refractivity contribution in [1.29, 1.82) is 0 Å². The third-order valence-electron chi connectivity index (χ3n) is 4.12. The summed E-state index contributed by atoms with van der Waals surface area (Å²) in [6.07, 6.45) is 3.04. The van der Waals surface area contributed by atoms with Crippen LogP contribution >= 0.6 is 11.6 Å². The van der Waals surface area contributed by atoms with Crippen molar-refractivity contribution in [3.05, 3.63) is 52.9 Å². The fraction of sp³-hybridized carbons (Fsp3) is 0.389. The highest BCUT2D eigenvalue weighted by atomic mass is 35.5. The molecule has 1 aliphatic heterocycles. The van der Waals surface area contributed by atoms with E-state index in [1.54, 1.807) is 12.3 Å². The lowest BCUT2D eigenvalue weighted by atomic mass is 10.2. The molecule has 7 nitrogen and oxygen atoms in total. The van der Waals surface area contributed by atoms with Gasteiger partial charge in [0.2, 0.25) is 0 Å². The highest BCUT2D eigenvalue weighted by molar-refractivity contribution is 6.31. The van der Waals surface area contributed by atoms with Gasteiger partial charge >= 0.3 is 0 Å². The van der Waals surface area contributed by atoms with Crippen molar-refractivity contribution < 1.29 is 9.53 Å². The number of hydrogen-bond acceptors (Lipinski definition) is 6. The largest absolute Gasteiger partial charge is 0.379 e. The number of amides is 1. The fourth-order valence-corrected chi connectivity index (χ4v) is 2.81. The molecule has 0 spiro atoms. The zero-order valence-electron chi connectivity index (χ0n) is 14.4. The van der Waals surface area contributed by atoms with Crippen LogP contribution in [0.2, 0.25) is 5.02 Å². The molecule has 0 radical (unpaired) electrons. The molecular formula is C18H22ClN5O2. The van der Waals surface area contributed by atoms with E-state index in [1.165, 1.54) is 6.20 Å². The van der Waals surface area contributed by atoms with Gasteiger partial charge in [-0.1, -0.05) is 29.8 Å². The number of nitrogens with zero attached hydrogens (tertiary/aromatic N) is 3. The number of hydrogen-bond donors (Lipinski definition) is 2. The van der Waals surface area contributed by atoms with E-state index >= 15 is 0 Å². The molecule has 2 heterocycles. The summed E-state index contributed by atoms with van der Waals surface area (Å²) in [7, 11) is 0. The van der Waals surface area contributed by atoms with Crippen LogP contribution in [0.5, 0.6) is 0 Å². The second kappa shape index (κ2) is 9.47. The van der Waals surface area contributed by atoms with Crippen LogP contribution in [-0.2, 0) is 11.3 Å². The van der Waals surface area contributed by atoms with Crippen molar-refractivity contribution in [2.75, 3.05) is 44.7 Å². The van der Waals surface area contributed by atoms with Gasteiger partial charge in [-0.2, -0.15) is 0 Å². The molecule has 2 N–H and O–H groups in total. The number of carbonyl (C=O) groups is 1. The van der Waals surface area contributed by atoms with Crippen LogP contribution in [0.4, 0.5) is 5.82 Å². The van der Waals surface area contributed by atoms with Gasteiger partial charge in [-0.05, 0) is 11.6 Å². The summed E-state index contributed by atoms with van der Waals surface area (Å²) < 4.78 is 5.32. The zero-order valence-corrected chi connectivity index (χ0v) is 15.2. The number of benzene rings is 1. The second-order valence-corrected chi connectivity index (χ2v) is 6.35. The van der Waals surface area contributed by atoms with Crippen molar-refractivity contribution >= 4 is 23.3 Å². The topological polar surface area (TPSA) is 79.4 Å². The Morgan fingerprint density at radius 1 is 1.19 bits per heavy atom. The smallest absolute Gasteiger partial charge is 0.271 e. The maximum atomic E-state index is 12.2. The van der Waals surface area contributed by atoms with E-state index in [0.717, 1.165) is 45.0 Å². The zero-order chi connectivity index (χ0) is 18.2. The quantitative estimate of drug-likeness (QED) is 0.768. The second-order valence-electron chi connectivity index (χ2n) is 5.94. The Morgan fingerprint density at radius 2 is 2.00 bits per heavy atom. The van der Waals surface area contributed by atoms with Gasteiger partial charge in [-0.3, -0.25) is 9.69 Å². The molecule has 0 unspecified atom stereocenters. The first-order valence-electron chi connectivity index (χ1n) is 8.60. The van der Waals surface area contributed by atoms with Crippen molar-refractivity contribution in [2.45, 2.75) is 6.54 Å². The van der Waals surface area contributed by atoms with E-state index in [4.69, 9.17) is 16.3 Å². The Hall–Kier alpha value is -2.22. The van der Waals surface area contributed by atoms with Crippen molar-refractivity contribution in [2.24, 2.45) is 0 Å². The van der Waals surface area contributed by atoms with Crippen LogP contribution in [0.1, 0.15) is 16.1 Å². The Kier molecular flexibility index (Phi) is 6.76. The summed E-state index contributed by atoms with van der Waals surface area (Å²) in [6.45, 7) is 5.53. The molecule has 1 fully saturated rings. The van der Waals surface area contributed by atoms with E-state index in [0.29, 0.717) is 17.4 Å². The normalized spacial score (nSPS) is 14.8. The molecule has 3 rings (SSSR count). The molecule has 0 bridgehead atoms. The van der Waals surface area contributed by atoms with Gasteiger partial charge in [0.05, 0.1) is 25.6 Å². The third-order valence-corrected chi connectivity index (χ3v) is 4.49. The van der Waals surface area contributed by atoms with E-state index in [2.05, 4.69) is 25.5 Å². The molecule has 1 aromatic carbocycles. The number of rotatable bonds is 7. The van der Waals surface area contributed by atoms with Crippen molar-refractivity contribution in [3.8, 4) is 0 Å². The molecule has 0 atom stereocenters. The number of nitrogens with one attached hydrogen (secondary N) is 2. The monoisotopic (exact) mass is 375 g/mol. The third kappa shape index (κ3) is 5.39. The molecule has 26 heavy (non-hydrogen) atoms. The number of morpholine rings is 1. The average molecular weight is 376 g/mol. The molecular weight excluding hydrogens is 354 g/mol. The minimum Gasteiger partial charge on any atom is -0.379 e. The first-order chi connectivity index (χ1) is 12.7. The summed E-state index contributed by atoms with van der Waals surface area (Å²) >= 11 is 6.08. The molecule has 0 saturated carbocycles. The summed E-state index contributed by atoms with van der Waals surface area (Å²) in [5.74, 6) is 0.373. The van der Waals surface area contributed by atoms with Crippen LogP contribution in [0.15, 0.2) is 36.7 Å². The highest BCUT2D eigenvalue weighted by Gasteiger charge is 2.11. The Labute approximate surface area is 157 Å². The molecule has 1 amide bonds. The van der Waals surface area contributed by atoms with Crippen LogP contribution in [0, 0.1) is 0 Å². The summed E-state index contributed by atoms with van der Waals surface area (Å²) in [6, 6.07) is 7.39. The van der Waals surface area contributed by atoms with Crippen LogP contribution < -0.4 is 10.6 Å². The Bertz CT molecular complexity index is 720. The van der Waals surface area contributed by atoms with Gasteiger partial charge in [-0.15, -0.1) is 0 Å². The standard InChI is InChI=1S/C18H22ClN5O2/c19-15-4-2-1-3-14(15)11-23-18(25)16-12-22-17(13-21-16)20-5-6-24-7-9-26-10-8-24/h1-4,12-13H,5-11H2,(H,20,22)(H,23,25). The average Bonchev–Trinajstić information content (AvgIpc) is 2.68. The predicted octanol–water partition coefficient (Wildman–Crippen LogP) is 1.80. The number of anilines is 1. The first kappa shape index (κ1) is 18.6. The summed E-state index contributed by atoms with van der Waals surface area (Å²) in [5.41, 5.74) is 1.13. The number of ether oxygens (including phenoxy) is 1. The van der Waals surface area contributed by atoms with E-state index < -0.39 is 0 Å². The molecule has 0 aliphatic carbocycles. The maximum absolute atomic E-state index is 12.2. The number of carbonyl (C=O) groups excluding carboxylic acids is 1. The lowest BCUT2D eigenvalue weighted by Crippen LogP contribution is -2.39. The maximum Gasteiger partial charge on any atom is 0.271 e. The van der Waals surface area contributed by atoms with Gasteiger partial charge in [0, 0.05) is 37.7 Å². The SMILES string of the molecule is O=C(NCc1ccccc1Cl)c1cnc(NCCN2CCOCC2)cn1. The molecule has 2 aromatic rings.